The van der Waals surface area contributed by atoms with Crippen molar-refractivity contribution in [2.75, 3.05) is 0 Å². The summed E-state index contributed by atoms with van der Waals surface area (Å²) in [6.07, 6.45) is 2.47. The molecule has 0 aliphatic rings. The van der Waals surface area contributed by atoms with Gasteiger partial charge in [-0.25, -0.2) is 13.8 Å². The van der Waals surface area contributed by atoms with E-state index in [1.54, 1.807) is 18.2 Å². The topological polar surface area (TPSA) is 17.3 Å². The average Bonchev–Trinajstić information content (AvgIpc) is 2.94. The number of aromatic nitrogens is 2. The van der Waals surface area contributed by atoms with Crippen molar-refractivity contribution in [2.45, 2.75) is 13.3 Å². The van der Waals surface area contributed by atoms with Gasteiger partial charge in [0.15, 0.2) is 0 Å². The maximum atomic E-state index is 13.6. The van der Waals surface area contributed by atoms with Gasteiger partial charge in [-0.2, -0.15) is 0 Å². The van der Waals surface area contributed by atoms with Crippen molar-refractivity contribution >= 4 is 21.6 Å². The lowest BCUT2D eigenvalue weighted by Gasteiger charge is -2.07. The first-order valence-electron chi connectivity index (χ1n) is 8.19. The van der Waals surface area contributed by atoms with Crippen LogP contribution in [-0.2, 0) is 6.42 Å². The summed E-state index contributed by atoms with van der Waals surface area (Å²) in [7, 11) is 0. The van der Waals surface area contributed by atoms with E-state index in [4.69, 9.17) is 4.98 Å². The van der Waals surface area contributed by atoms with Crippen LogP contribution in [0.2, 0.25) is 0 Å². The van der Waals surface area contributed by atoms with Crippen LogP contribution in [0.1, 0.15) is 16.8 Å². The van der Waals surface area contributed by atoms with Crippen molar-refractivity contribution < 1.29 is 8.78 Å². The van der Waals surface area contributed by atoms with Crippen molar-refractivity contribution in [3.8, 4) is 11.3 Å². The molecule has 0 bridgehead atoms. The minimum atomic E-state index is -0.289. The maximum absolute atomic E-state index is 13.6. The molecule has 0 aliphatic heterocycles. The normalized spacial score (nSPS) is 11.2. The van der Waals surface area contributed by atoms with E-state index in [1.165, 1.54) is 24.3 Å². The molecule has 0 spiro atoms. The Hall–Kier alpha value is -2.53. The van der Waals surface area contributed by atoms with Crippen molar-refractivity contribution in [1.82, 2.24) is 9.38 Å². The van der Waals surface area contributed by atoms with Gasteiger partial charge in [0, 0.05) is 22.7 Å². The highest BCUT2D eigenvalue weighted by atomic mass is 79.9. The number of hydrogen-bond donors (Lipinski definition) is 0. The Balaban J connectivity index is 1.95. The van der Waals surface area contributed by atoms with E-state index >= 15 is 0 Å². The number of pyridine rings is 1. The Labute approximate surface area is 158 Å². The largest absolute Gasteiger partial charge is 0.302 e. The molecule has 0 aliphatic carbocycles. The van der Waals surface area contributed by atoms with Crippen LogP contribution in [0.5, 0.6) is 0 Å². The highest BCUT2D eigenvalue weighted by Gasteiger charge is 2.17. The monoisotopic (exact) mass is 412 g/mol. The third-order valence-corrected chi connectivity index (χ3v) is 4.78. The lowest BCUT2D eigenvalue weighted by molar-refractivity contribution is 0.625. The molecule has 0 amide bonds. The SMILES string of the molecule is Cc1cc(Br)cn2c(Cc3cccc(F)c3)c(-c3ccc(F)cc3)nc12. The van der Waals surface area contributed by atoms with E-state index in [0.717, 1.165) is 38.2 Å². The van der Waals surface area contributed by atoms with Crippen molar-refractivity contribution in [1.29, 1.82) is 0 Å². The number of imidazole rings is 1. The highest BCUT2D eigenvalue weighted by Crippen LogP contribution is 2.29. The number of fused-ring (bicyclic) bond motifs is 1. The summed E-state index contributed by atoms with van der Waals surface area (Å²) in [5.74, 6) is -0.555. The fraction of sp³-hybridized carbons (Fsp3) is 0.0952. The van der Waals surface area contributed by atoms with Crippen LogP contribution in [0.3, 0.4) is 0 Å². The second kappa shape index (κ2) is 6.65. The Morgan fingerprint density at radius 2 is 1.77 bits per heavy atom. The standard InChI is InChI=1S/C21H15BrF2N2/c1-13-9-16(22)12-26-19(11-14-3-2-4-18(24)10-14)20(25-21(13)26)15-5-7-17(23)8-6-15/h2-10,12H,11H2,1H3. The third-order valence-electron chi connectivity index (χ3n) is 4.35. The molecule has 2 aromatic heterocycles. The van der Waals surface area contributed by atoms with Crippen LogP contribution in [-0.4, -0.2) is 9.38 Å². The van der Waals surface area contributed by atoms with Gasteiger partial charge < -0.3 is 4.40 Å². The summed E-state index contributed by atoms with van der Waals surface area (Å²) in [6, 6.07) is 14.8. The van der Waals surface area contributed by atoms with Gasteiger partial charge in [0.05, 0.1) is 11.4 Å². The molecule has 2 heterocycles. The second-order valence-electron chi connectivity index (χ2n) is 6.26. The molecule has 0 fully saturated rings. The molecule has 2 aromatic carbocycles. The summed E-state index contributed by atoms with van der Waals surface area (Å²) < 4.78 is 29.9. The lowest BCUT2D eigenvalue weighted by atomic mass is 10.0. The molecule has 130 valence electrons. The van der Waals surface area contributed by atoms with Crippen LogP contribution in [0.15, 0.2) is 65.3 Å². The fourth-order valence-corrected chi connectivity index (χ4v) is 3.71. The van der Waals surface area contributed by atoms with E-state index < -0.39 is 0 Å². The highest BCUT2D eigenvalue weighted by molar-refractivity contribution is 9.10. The summed E-state index contributed by atoms with van der Waals surface area (Å²) in [5.41, 5.74) is 5.24. The molecule has 0 radical (unpaired) electrons. The summed E-state index contributed by atoms with van der Waals surface area (Å²) in [5, 5.41) is 0. The first-order valence-corrected chi connectivity index (χ1v) is 8.98. The van der Waals surface area contributed by atoms with Gasteiger partial charge in [0.25, 0.3) is 0 Å². The van der Waals surface area contributed by atoms with Crippen LogP contribution >= 0.6 is 15.9 Å². The predicted octanol–water partition coefficient (Wildman–Crippen LogP) is 5.94. The maximum Gasteiger partial charge on any atom is 0.140 e. The van der Waals surface area contributed by atoms with Gasteiger partial charge in [-0.05, 0) is 76.4 Å². The molecule has 5 heteroatoms. The van der Waals surface area contributed by atoms with E-state index in [0.29, 0.717) is 6.42 Å². The number of rotatable bonds is 3. The quantitative estimate of drug-likeness (QED) is 0.406. The summed E-state index contributed by atoms with van der Waals surface area (Å²) in [4.78, 5) is 4.80. The molecular weight excluding hydrogens is 398 g/mol. The fourth-order valence-electron chi connectivity index (χ4n) is 3.16. The van der Waals surface area contributed by atoms with E-state index in [1.807, 2.05) is 29.7 Å². The number of benzene rings is 2. The Morgan fingerprint density at radius 3 is 2.50 bits per heavy atom. The molecule has 0 saturated carbocycles. The Kier molecular flexibility index (Phi) is 4.32. The molecule has 2 nitrogen and oxygen atoms in total. The zero-order valence-corrected chi connectivity index (χ0v) is 15.6. The van der Waals surface area contributed by atoms with Crippen molar-refractivity contribution in [3.05, 3.63) is 93.7 Å². The van der Waals surface area contributed by atoms with Crippen molar-refractivity contribution in [3.63, 3.8) is 0 Å². The number of hydrogen-bond acceptors (Lipinski definition) is 1. The Bertz CT molecular complexity index is 1100. The molecule has 26 heavy (non-hydrogen) atoms. The smallest absolute Gasteiger partial charge is 0.140 e. The lowest BCUT2D eigenvalue weighted by Crippen LogP contribution is -1.98. The molecule has 0 saturated heterocycles. The second-order valence-corrected chi connectivity index (χ2v) is 7.17. The first kappa shape index (κ1) is 16.9. The molecule has 4 aromatic rings. The van der Waals surface area contributed by atoms with Gasteiger partial charge in [-0.1, -0.05) is 12.1 Å². The minimum Gasteiger partial charge on any atom is -0.302 e. The van der Waals surface area contributed by atoms with Gasteiger partial charge in [0.1, 0.15) is 17.3 Å². The van der Waals surface area contributed by atoms with E-state index in [9.17, 15) is 8.78 Å². The van der Waals surface area contributed by atoms with Crippen molar-refractivity contribution in [2.24, 2.45) is 0 Å². The molecule has 0 atom stereocenters. The van der Waals surface area contributed by atoms with Gasteiger partial charge in [-0.3, -0.25) is 0 Å². The Morgan fingerprint density at radius 1 is 1.00 bits per heavy atom. The minimum absolute atomic E-state index is 0.267. The molecular formula is C21H15BrF2N2. The third kappa shape index (κ3) is 3.15. The van der Waals surface area contributed by atoms with Crippen LogP contribution in [0.4, 0.5) is 8.78 Å². The van der Waals surface area contributed by atoms with Gasteiger partial charge >= 0.3 is 0 Å². The van der Waals surface area contributed by atoms with E-state index in [2.05, 4.69) is 15.9 Å². The van der Waals surface area contributed by atoms with Crippen LogP contribution in [0, 0.1) is 18.6 Å². The number of nitrogens with zero attached hydrogens (tertiary/aromatic N) is 2. The predicted molar refractivity (Wildman–Crippen MR) is 102 cm³/mol. The number of halogens is 3. The zero-order chi connectivity index (χ0) is 18.3. The van der Waals surface area contributed by atoms with Gasteiger partial charge in [-0.15, -0.1) is 0 Å². The summed E-state index contributed by atoms with van der Waals surface area (Å²) in [6.45, 7) is 1.99. The zero-order valence-electron chi connectivity index (χ0n) is 14.0. The van der Waals surface area contributed by atoms with E-state index in [-0.39, 0.29) is 11.6 Å². The molecule has 0 unspecified atom stereocenters. The van der Waals surface area contributed by atoms with Gasteiger partial charge in [0.2, 0.25) is 0 Å². The summed E-state index contributed by atoms with van der Waals surface area (Å²) >= 11 is 3.53. The molecule has 4 rings (SSSR count). The number of aryl methyl sites for hydroxylation is 1. The average molecular weight is 413 g/mol. The first-order chi connectivity index (χ1) is 12.5. The van der Waals surface area contributed by atoms with Crippen LogP contribution < -0.4 is 0 Å². The van der Waals surface area contributed by atoms with Crippen LogP contribution in [0.25, 0.3) is 16.9 Å². The molecule has 0 N–H and O–H groups in total.